The van der Waals surface area contributed by atoms with Crippen molar-refractivity contribution < 1.29 is 8.42 Å². The second-order valence-electron chi connectivity index (χ2n) is 4.66. The van der Waals surface area contributed by atoms with Gasteiger partial charge in [-0.3, -0.25) is 0 Å². The average Bonchev–Trinajstić information content (AvgIpc) is 2.48. The Labute approximate surface area is 121 Å². The molecule has 0 saturated carbocycles. The lowest BCUT2D eigenvalue weighted by molar-refractivity contribution is 0.339. The zero-order chi connectivity index (χ0) is 15.2. The monoisotopic (exact) mass is 300 g/mol. The molecule has 0 aliphatic rings. The number of nitrogens with one attached hydrogen (secondary N) is 1. The summed E-state index contributed by atoms with van der Waals surface area (Å²) in [4.78, 5) is 4.15. The third-order valence-corrected chi connectivity index (χ3v) is 5.42. The maximum absolute atomic E-state index is 12.6. The maximum Gasteiger partial charge on any atom is 0.243 e. The molecule has 0 amide bonds. The normalized spacial score (nSPS) is 12.1. The van der Waals surface area contributed by atoms with Crippen LogP contribution in [0.5, 0.6) is 0 Å². The summed E-state index contributed by atoms with van der Waals surface area (Å²) >= 11 is 0. The number of hydrogen-bond donors (Lipinski definition) is 2. The topological polar surface area (TPSA) is 88.3 Å². The van der Waals surface area contributed by atoms with Crippen LogP contribution in [0.2, 0.25) is 0 Å². The number of rotatable bonds is 8. The van der Waals surface area contributed by atoms with E-state index in [9.17, 15) is 8.42 Å². The fourth-order valence-electron chi connectivity index (χ4n) is 2.03. The number of pyridine rings is 1. The van der Waals surface area contributed by atoms with E-state index >= 15 is 0 Å². The summed E-state index contributed by atoms with van der Waals surface area (Å²) in [5.74, 6) is 5.98. The number of hydrogen-bond acceptors (Lipinski definition) is 5. The lowest BCUT2D eigenvalue weighted by Gasteiger charge is -2.24. The predicted molar refractivity (Wildman–Crippen MR) is 80.6 cm³/mol. The van der Waals surface area contributed by atoms with Crippen molar-refractivity contribution in [3.63, 3.8) is 0 Å². The van der Waals surface area contributed by atoms with Gasteiger partial charge in [0.15, 0.2) is 0 Å². The van der Waals surface area contributed by atoms with E-state index < -0.39 is 10.0 Å². The van der Waals surface area contributed by atoms with Crippen molar-refractivity contribution in [2.75, 3.05) is 18.5 Å². The van der Waals surface area contributed by atoms with Crippen LogP contribution in [0.4, 0.5) is 5.82 Å². The van der Waals surface area contributed by atoms with Crippen LogP contribution in [-0.4, -0.2) is 30.8 Å². The zero-order valence-corrected chi connectivity index (χ0v) is 13.2. The van der Waals surface area contributed by atoms with Crippen LogP contribution in [0.1, 0.15) is 33.6 Å². The molecule has 0 aliphatic carbocycles. The molecule has 0 atom stereocenters. The first-order chi connectivity index (χ1) is 9.49. The molecule has 20 heavy (non-hydrogen) atoms. The fraction of sp³-hybridized carbons (Fsp3) is 0.615. The first-order valence-electron chi connectivity index (χ1n) is 6.92. The first-order valence-corrected chi connectivity index (χ1v) is 8.36. The molecular formula is C13H24N4O2S. The van der Waals surface area contributed by atoms with Crippen molar-refractivity contribution in [2.45, 2.75) is 38.5 Å². The van der Waals surface area contributed by atoms with Gasteiger partial charge in [0.05, 0.1) is 4.90 Å². The molecule has 0 aromatic carbocycles. The quantitative estimate of drug-likeness (QED) is 0.564. The number of anilines is 1. The molecule has 3 N–H and O–H groups in total. The minimum absolute atomic E-state index is 0.216. The molecule has 114 valence electrons. The standard InChI is InChI=1S/C13H24N4O2S/c1-4-11(5-2)10-17(6-3)20(18,19)12-7-8-15-13(9-12)16-14/h7-9,11H,4-6,10,14H2,1-3H3,(H,15,16). The number of hydrazine groups is 1. The molecule has 7 heteroatoms. The van der Waals surface area contributed by atoms with Crippen molar-refractivity contribution >= 4 is 15.8 Å². The Balaban J connectivity index is 3.04. The third kappa shape index (κ3) is 3.91. The van der Waals surface area contributed by atoms with Gasteiger partial charge in [-0.25, -0.2) is 19.2 Å². The molecular weight excluding hydrogens is 276 g/mol. The van der Waals surface area contributed by atoms with Crippen LogP contribution < -0.4 is 11.3 Å². The molecule has 0 bridgehead atoms. The highest BCUT2D eigenvalue weighted by Gasteiger charge is 2.25. The van der Waals surface area contributed by atoms with Crippen LogP contribution in [0, 0.1) is 5.92 Å². The summed E-state index contributed by atoms with van der Waals surface area (Å²) in [5.41, 5.74) is 2.37. The van der Waals surface area contributed by atoms with Crippen LogP contribution in [0.25, 0.3) is 0 Å². The zero-order valence-electron chi connectivity index (χ0n) is 12.3. The lowest BCUT2D eigenvalue weighted by Crippen LogP contribution is -2.35. The van der Waals surface area contributed by atoms with Gasteiger partial charge in [-0.15, -0.1) is 0 Å². The molecule has 0 radical (unpaired) electrons. The summed E-state index contributed by atoms with van der Waals surface area (Å²) in [6.45, 7) is 7.00. The molecule has 1 rings (SSSR count). The van der Waals surface area contributed by atoms with E-state index in [-0.39, 0.29) is 4.90 Å². The van der Waals surface area contributed by atoms with Crippen LogP contribution in [0.3, 0.4) is 0 Å². The van der Waals surface area contributed by atoms with Gasteiger partial charge in [-0.05, 0) is 12.0 Å². The smallest absolute Gasteiger partial charge is 0.243 e. The van der Waals surface area contributed by atoms with Gasteiger partial charge in [-0.2, -0.15) is 4.31 Å². The summed E-state index contributed by atoms with van der Waals surface area (Å²) in [7, 11) is -3.50. The van der Waals surface area contributed by atoms with Crippen molar-refractivity contribution in [1.29, 1.82) is 0 Å². The van der Waals surface area contributed by atoms with Crippen molar-refractivity contribution in [3.8, 4) is 0 Å². The molecule has 0 spiro atoms. The maximum atomic E-state index is 12.6. The van der Waals surface area contributed by atoms with E-state index in [1.165, 1.54) is 22.6 Å². The SMILES string of the molecule is CCC(CC)CN(CC)S(=O)(=O)c1ccnc(NN)c1. The van der Waals surface area contributed by atoms with E-state index in [0.717, 1.165) is 12.8 Å². The molecule has 1 heterocycles. The van der Waals surface area contributed by atoms with Gasteiger partial charge < -0.3 is 5.43 Å². The Morgan fingerprint density at radius 2 is 2.00 bits per heavy atom. The van der Waals surface area contributed by atoms with Crippen molar-refractivity contribution in [1.82, 2.24) is 9.29 Å². The van der Waals surface area contributed by atoms with E-state index in [4.69, 9.17) is 5.84 Å². The molecule has 0 fully saturated rings. The highest BCUT2D eigenvalue weighted by atomic mass is 32.2. The van der Waals surface area contributed by atoms with E-state index in [1.807, 2.05) is 6.92 Å². The van der Waals surface area contributed by atoms with Gasteiger partial charge in [-0.1, -0.05) is 33.6 Å². The molecule has 0 unspecified atom stereocenters. The van der Waals surface area contributed by atoms with Gasteiger partial charge in [0.2, 0.25) is 10.0 Å². The van der Waals surface area contributed by atoms with Crippen molar-refractivity contribution in [3.05, 3.63) is 18.3 Å². The minimum Gasteiger partial charge on any atom is -0.308 e. The largest absolute Gasteiger partial charge is 0.308 e. The Kier molecular flexibility index (Phi) is 6.38. The number of nitrogens with zero attached hydrogens (tertiary/aromatic N) is 2. The summed E-state index contributed by atoms with van der Waals surface area (Å²) in [5, 5.41) is 0. The highest BCUT2D eigenvalue weighted by Crippen LogP contribution is 2.20. The summed E-state index contributed by atoms with van der Waals surface area (Å²) < 4.78 is 26.8. The van der Waals surface area contributed by atoms with Crippen LogP contribution in [-0.2, 0) is 10.0 Å². The van der Waals surface area contributed by atoms with Gasteiger partial charge in [0, 0.05) is 25.4 Å². The Morgan fingerprint density at radius 1 is 1.35 bits per heavy atom. The van der Waals surface area contributed by atoms with E-state index in [2.05, 4.69) is 24.3 Å². The molecule has 1 aromatic rings. The highest BCUT2D eigenvalue weighted by molar-refractivity contribution is 7.89. The second kappa shape index (κ2) is 7.56. The van der Waals surface area contributed by atoms with Gasteiger partial charge in [0.1, 0.15) is 5.82 Å². The fourth-order valence-corrected chi connectivity index (χ4v) is 3.57. The summed E-state index contributed by atoms with van der Waals surface area (Å²) in [6.07, 6.45) is 3.37. The third-order valence-electron chi connectivity index (χ3n) is 3.49. The van der Waals surface area contributed by atoms with E-state index in [1.54, 1.807) is 0 Å². The molecule has 0 aliphatic heterocycles. The average molecular weight is 300 g/mol. The Morgan fingerprint density at radius 3 is 2.50 bits per heavy atom. The summed E-state index contributed by atoms with van der Waals surface area (Å²) in [6, 6.07) is 2.94. The number of aromatic nitrogens is 1. The van der Waals surface area contributed by atoms with Crippen LogP contribution >= 0.6 is 0 Å². The molecule has 6 nitrogen and oxygen atoms in total. The lowest BCUT2D eigenvalue weighted by atomic mass is 10.0. The van der Waals surface area contributed by atoms with Gasteiger partial charge in [0.25, 0.3) is 0 Å². The van der Waals surface area contributed by atoms with Crippen molar-refractivity contribution in [2.24, 2.45) is 11.8 Å². The Bertz CT molecular complexity index is 515. The minimum atomic E-state index is -3.50. The molecule has 0 saturated heterocycles. The Hall–Kier alpha value is -1.18. The predicted octanol–water partition coefficient (Wildman–Crippen LogP) is 1.81. The van der Waals surface area contributed by atoms with E-state index in [0.29, 0.717) is 24.8 Å². The first kappa shape index (κ1) is 16.9. The van der Waals surface area contributed by atoms with Gasteiger partial charge >= 0.3 is 0 Å². The molecule has 1 aromatic heterocycles. The number of nitrogen functional groups attached to an aromatic ring is 1. The van der Waals surface area contributed by atoms with Crippen LogP contribution in [0.15, 0.2) is 23.2 Å². The number of nitrogens with two attached hydrogens (primary N) is 1. The second-order valence-corrected chi connectivity index (χ2v) is 6.60. The number of sulfonamides is 1.